The Kier molecular flexibility index (Phi) is 9.31. The molecule has 140 valence electrons. The van der Waals surface area contributed by atoms with E-state index in [1.54, 1.807) is 30.3 Å². The molecule has 3 rings (SSSR count). The van der Waals surface area contributed by atoms with Crippen molar-refractivity contribution in [2.45, 2.75) is 10.9 Å². The molecular formula is C16H12N4Na2O6S. The van der Waals surface area contributed by atoms with E-state index in [-0.39, 0.29) is 69.7 Å². The first-order chi connectivity index (χ1) is 12.8. The van der Waals surface area contributed by atoms with Crippen LogP contribution in [0.2, 0.25) is 0 Å². The molecule has 2 aromatic carbocycles. The number of amides is 1. The fourth-order valence-corrected chi connectivity index (χ4v) is 2.75. The first kappa shape index (κ1) is 25.6. The van der Waals surface area contributed by atoms with E-state index in [4.69, 9.17) is 4.55 Å². The quantitative estimate of drug-likeness (QED) is 0.409. The Labute approximate surface area is 210 Å². The number of aliphatic carboxylic acids is 1. The number of hydrazone groups is 1. The van der Waals surface area contributed by atoms with Gasteiger partial charge in [0.25, 0.3) is 16.0 Å². The van der Waals surface area contributed by atoms with Crippen LogP contribution >= 0.6 is 0 Å². The summed E-state index contributed by atoms with van der Waals surface area (Å²) in [4.78, 5) is 23.6. The van der Waals surface area contributed by atoms with Crippen LogP contribution in [0.1, 0.15) is 0 Å². The minimum absolute atomic E-state index is 0. The molecule has 2 N–H and O–H groups in total. The molecule has 0 bridgehead atoms. The Morgan fingerprint density at radius 3 is 2.14 bits per heavy atom. The first-order valence-electron chi connectivity index (χ1n) is 7.46. The summed E-state index contributed by atoms with van der Waals surface area (Å²) in [5.74, 6) is -2.19. The Bertz CT molecular complexity index is 1060. The van der Waals surface area contributed by atoms with Crippen LogP contribution in [0.15, 0.2) is 74.8 Å². The number of carbonyl (C=O) groups excluding carboxylic acids is 1. The molecule has 1 unspecified atom stereocenters. The van der Waals surface area contributed by atoms with Gasteiger partial charge in [0.05, 0.1) is 16.3 Å². The van der Waals surface area contributed by atoms with Gasteiger partial charge in [-0.2, -0.15) is 28.8 Å². The van der Waals surface area contributed by atoms with Gasteiger partial charge in [-0.05, 0) is 36.4 Å². The van der Waals surface area contributed by atoms with Crippen LogP contribution in [0.3, 0.4) is 0 Å². The third kappa shape index (κ3) is 6.03. The number of azo groups is 1. The van der Waals surface area contributed by atoms with Gasteiger partial charge >= 0.3 is 5.97 Å². The number of carboxylic acid groups (broad SMARTS) is 1. The Balaban J connectivity index is 0.00000210. The Hall–Kier alpha value is -1.44. The van der Waals surface area contributed by atoms with Crippen molar-refractivity contribution in [2.75, 3.05) is 5.01 Å². The summed E-state index contributed by atoms with van der Waals surface area (Å²) in [6.07, 6.45) is 0. The van der Waals surface area contributed by atoms with Crippen molar-refractivity contribution in [1.29, 1.82) is 0 Å². The van der Waals surface area contributed by atoms with Crippen LogP contribution in [0.25, 0.3) is 0 Å². The minimum atomic E-state index is -4.40. The van der Waals surface area contributed by atoms with Gasteiger partial charge in [-0.3, -0.25) is 9.35 Å². The van der Waals surface area contributed by atoms with Crippen LogP contribution in [0, 0.1) is 0 Å². The summed E-state index contributed by atoms with van der Waals surface area (Å²) in [6.45, 7) is 0. The summed E-state index contributed by atoms with van der Waals surface area (Å²) >= 11 is 0. The molecule has 2 radical (unpaired) electrons. The maximum atomic E-state index is 12.6. The molecule has 1 heterocycles. The van der Waals surface area contributed by atoms with E-state index in [0.717, 1.165) is 17.1 Å². The number of nitrogens with zero attached hydrogens (tertiary/aromatic N) is 4. The second-order valence-corrected chi connectivity index (χ2v) is 6.78. The van der Waals surface area contributed by atoms with E-state index in [2.05, 4.69) is 15.3 Å². The van der Waals surface area contributed by atoms with Gasteiger partial charge in [-0.1, -0.05) is 18.2 Å². The van der Waals surface area contributed by atoms with Crippen molar-refractivity contribution >= 4 is 98.2 Å². The molecule has 10 nitrogen and oxygen atoms in total. The smallest absolute Gasteiger partial charge is 0.355 e. The molecule has 0 saturated carbocycles. The van der Waals surface area contributed by atoms with E-state index in [1.807, 2.05) is 0 Å². The van der Waals surface area contributed by atoms with Gasteiger partial charge in [0.1, 0.15) is 0 Å². The molecule has 0 aromatic heterocycles. The van der Waals surface area contributed by atoms with Crippen molar-refractivity contribution in [3.63, 3.8) is 0 Å². The summed E-state index contributed by atoms with van der Waals surface area (Å²) in [7, 11) is -4.40. The number of anilines is 1. The van der Waals surface area contributed by atoms with Gasteiger partial charge in [0, 0.05) is 59.1 Å². The molecule has 13 heteroatoms. The summed E-state index contributed by atoms with van der Waals surface area (Å²) in [5, 5.41) is 21.5. The first-order valence-corrected chi connectivity index (χ1v) is 8.90. The van der Waals surface area contributed by atoms with Crippen molar-refractivity contribution < 1.29 is 27.7 Å². The molecule has 0 spiro atoms. The van der Waals surface area contributed by atoms with E-state index >= 15 is 0 Å². The van der Waals surface area contributed by atoms with Crippen molar-refractivity contribution in [3.05, 3.63) is 54.6 Å². The third-order valence-corrected chi connectivity index (χ3v) is 4.42. The van der Waals surface area contributed by atoms with E-state index in [9.17, 15) is 23.1 Å². The molecule has 1 atom stereocenters. The zero-order valence-electron chi connectivity index (χ0n) is 15.5. The number of hydrogen-bond acceptors (Lipinski definition) is 7. The maximum absolute atomic E-state index is 12.6. The average Bonchev–Trinajstić information content (AvgIpc) is 2.97. The largest absolute Gasteiger partial charge is 0.477 e. The molecule has 0 fully saturated rings. The van der Waals surface area contributed by atoms with E-state index in [1.165, 1.54) is 12.1 Å². The Morgan fingerprint density at radius 1 is 1.03 bits per heavy atom. The molecule has 0 aliphatic carbocycles. The van der Waals surface area contributed by atoms with Crippen LogP contribution in [0.4, 0.5) is 11.4 Å². The van der Waals surface area contributed by atoms with Gasteiger partial charge in [0.15, 0.2) is 5.71 Å². The van der Waals surface area contributed by atoms with Crippen LogP contribution in [-0.2, 0) is 19.7 Å². The van der Waals surface area contributed by atoms with Crippen molar-refractivity contribution in [1.82, 2.24) is 0 Å². The zero-order valence-corrected chi connectivity index (χ0v) is 20.3. The van der Waals surface area contributed by atoms with Gasteiger partial charge in [-0.15, -0.1) is 0 Å². The second kappa shape index (κ2) is 10.5. The molecule has 1 aliphatic rings. The number of hydrogen-bond donors (Lipinski definition) is 2. The normalized spacial score (nSPS) is 16.2. The molecule has 2 aromatic rings. The molecule has 1 aliphatic heterocycles. The van der Waals surface area contributed by atoms with Crippen LogP contribution in [0.5, 0.6) is 0 Å². The van der Waals surface area contributed by atoms with Crippen molar-refractivity contribution in [3.8, 4) is 0 Å². The van der Waals surface area contributed by atoms with Crippen LogP contribution < -0.4 is 5.01 Å². The number of benzene rings is 2. The number of carboxylic acids is 1. The van der Waals surface area contributed by atoms with E-state index in [0.29, 0.717) is 5.69 Å². The van der Waals surface area contributed by atoms with Gasteiger partial charge < -0.3 is 5.11 Å². The number of carbonyl (C=O) groups is 2. The third-order valence-electron chi connectivity index (χ3n) is 3.55. The predicted octanol–water partition coefficient (Wildman–Crippen LogP) is 1.11. The minimum Gasteiger partial charge on any atom is -0.477 e. The number of rotatable bonds is 5. The molecule has 1 amide bonds. The van der Waals surface area contributed by atoms with Gasteiger partial charge in [-0.25, -0.2) is 4.79 Å². The molecular weight excluding hydrogens is 422 g/mol. The van der Waals surface area contributed by atoms with Gasteiger partial charge in [0.2, 0.25) is 6.04 Å². The SMILES string of the molecule is O=C(O)C1=NN(c2ccc(S(=O)(=O)O)cc2)C(=O)C1N=Nc1ccccc1.[Na].[Na]. The summed E-state index contributed by atoms with van der Waals surface area (Å²) in [6, 6.07) is 11.5. The second-order valence-electron chi connectivity index (χ2n) is 5.36. The summed E-state index contributed by atoms with van der Waals surface area (Å²) in [5.41, 5.74) is 0.0353. The molecule has 29 heavy (non-hydrogen) atoms. The molecule has 0 saturated heterocycles. The standard InChI is InChI=1S/C16H12N4O6S.2Na/c21-15-13(18-17-10-4-2-1-3-5-10)14(16(22)23)19-20(15)11-6-8-12(9-7-11)27(24,25)26;;/h1-9,13H,(H,22,23)(H,24,25,26);;. The average molecular weight is 434 g/mol. The van der Waals surface area contributed by atoms with Crippen molar-refractivity contribution in [2.24, 2.45) is 15.3 Å². The zero-order chi connectivity index (χ0) is 19.6. The monoisotopic (exact) mass is 434 g/mol. The Morgan fingerprint density at radius 2 is 1.62 bits per heavy atom. The fraction of sp³-hybridized carbons (Fsp3) is 0.0625. The predicted molar refractivity (Wildman–Crippen MR) is 105 cm³/mol. The topological polar surface area (TPSA) is 149 Å². The fourth-order valence-electron chi connectivity index (χ4n) is 2.27. The summed E-state index contributed by atoms with van der Waals surface area (Å²) < 4.78 is 31.2. The van der Waals surface area contributed by atoms with Crippen LogP contribution in [-0.4, -0.2) is 101 Å². The maximum Gasteiger partial charge on any atom is 0.355 e. The van der Waals surface area contributed by atoms with E-state index < -0.39 is 33.7 Å².